The summed E-state index contributed by atoms with van der Waals surface area (Å²) in [7, 11) is 0. The third-order valence-electron chi connectivity index (χ3n) is 8.54. The van der Waals surface area contributed by atoms with Crippen molar-refractivity contribution in [3.63, 3.8) is 0 Å². The van der Waals surface area contributed by atoms with Gasteiger partial charge in [0.1, 0.15) is 0 Å². The minimum absolute atomic E-state index is 1.13. The highest BCUT2D eigenvalue weighted by molar-refractivity contribution is 7.26. The van der Waals surface area contributed by atoms with E-state index in [0.29, 0.717) is 0 Å². The lowest BCUT2D eigenvalue weighted by Gasteiger charge is -2.27. The maximum Gasteiger partial charge on any atom is 0.0782 e. The summed E-state index contributed by atoms with van der Waals surface area (Å²) in [5.41, 5.74) is 6.95. The first-order valence-corrected chi connectivity index (χ1v) is 15.4. The second kappa shape index (κ2) is 9.59. The lowest BCUT2D eigenvalue weighted by molar-refractivity contribution is 1.17. The van der Waals surface area contributed by atoms with Crippen molar-refractivity contribution in [2.75, 3.05) is 4.90 Å². The topological polar surface area (TPSA) is 8.17 Å². The van der Waals surface area contributed by atoms with E-state index in [1.165, 1.54) is 52.8 Å². The molecule has 202 valence electrons. The fourth-order valence-electron chi connectivity index (χ4n) is 6.71. The van der Waals surface area contributed by atoms with Crippen LogP contribution in [0.2, 0.25) is 0 Å². The average molecular weight is 567 g/mol. The van der Waals surface area contributed by atoms with E-state index in [9.17, 15) is 0 Å². The van der Waals surface area contributed by atoms with Crippen LogP contribution in [0, 0.1) is 0 Å². The van der Waals surface area contributed by atoms with E-state index in [2.05, 4.69) is 167 Å². The van der Waals surface area contributed by atoms with Gasteiger partial charge < -0.3 is 9.47 Å². The fraction of sp³-hybridized carbons (Fsp3) is 0. The van der Waals surface area contributed by atoms with Gasteiger partial charge in [-0.15, -0.1) is 11.3 Å². The Bertz CT molecular complexity index is 2450. The number of benzene rings is 7. The molecule has 2 nitrogen and oxygen atoms in total. The Morgan fingerprint density at radius 2 is 1.19 bits per heavy atom. The molecule has 0 radical (unpaired) electrons. The Hall–Kier alpha value is -5.38. The molecule has 3 heteroatoms. The van der Waals surface area contributed by atoms with Gasteiger partial charge in [0.05, 0.1) is 16.7 Å². The van der Waals surface area contributed by atoms with Crippen LogP contribution in [0.4, 0.5) is 17.1 Å². The van der Waals surface area contributed by atoms with Crippen molar-refractivity contribution in [1.82, 2.24) is 4.57 Å². The van der Waals surface area contributed by atoms with E-state index in [-0.39, 0.29) is 0 Å². The fourth-order valence-corrected chi connectivity index (χ4v) is 7.83. The molecule has 0 saturated heterocycles. The van der Waals surface area contributed by atoms with E-state index in [0.717, 1.165) is 22.7 Å². The molecule has 2 heterocycles. The van der Waals surface area contributed by atoms with Crippen molar-refractivity contribution in [2.45, 2.75) is 0 Å². The van der Waals surface area contributed by atoms with Crippen LogP contribution in [0.25, 0.3) is 58.4 Å². The summed E-state index contributed by atoms with van der Waals surface area (Å²) in [6.07, 6.45) is 0. The summed E-state index contributed by atoms with van der Waals surface area (Å²) in [5, 5.41) is 7.71. The maximum absolute atomic E-state index is 2.41. The summed E-state index contributed by atoms with van der Waals surface area (Å²) in [6.45, 7) is 0. The third kappa shape index (κ3) is 3.72. The molecule has 0 fully saturated rings. The van der Waals surface area contributed by atoms with Crippen LogP contribution in [-0.4, -0.2) is 4.57 Å². The smallest absolute Gasteiger partial charge is 0.0782 e. The molecule has 0 atom stereocenters. The van der Waals surface area contributed by atoms with Crippen LogP contribution < -0.4 is 4.90 Å². The van der Waals surface area contributed by atoms with Crippen LogP contribution in [0.3, 0.4) is 0 Å². The lowest BCUT2D eigenvalue weighted by Crippen LogP contribution is -2.11. The second-order valence-corrected chi connectivity index (χ2v) is 12.1. The van der Waals surface area contributed by atoms with Gasteiger partial charge in [-0.05, 0) is 71.4 Å². The molecule has 0 bridgehead atoms. The Morgan fingerprint density at radius 1 is 0.465 bits per heavy atom. The average Bonchev–Trinajstić information content (AvgIpc) is 3.62. The minimum atomic E-state index is 1.13. The highest BCUT2D eigenvalue weighted by Crippen LogP contribution is 2.45. The Kier molecular flexibility index (Phi) is 5.40. The first-order valence-electron chi connectivity index (χ1n) is 14.6. The predicted molar refractivity (Wildman–Crippen MR) is 186 cm³/mol. The third-order valence-corrected chi connectivity index (χ3v) is 9.68. The Balaban J connectivity index is 1.35. The van der Waals surface area contributed by atoms with Crippen molar-refractivity contribution < 1.29 is 0 Å². The van der Waals surface area contributed by atoms with Gasteiger partial charge in [-0.2, -0.15) is 0 Å². The van der Waals surface area contributed by atoms with Gasteiger partial charge in [0.2, 0.25) is 0 Å². The van der Waals surface area contributed by atoms with E-state index in [1.807, 2.05) is 11.3 Å². The molecule has 0 saturated carbocycles. The zero-order valence-electron chi connectivity index (χ0n) is 23.3. The number of rotatable bonds is 4. The van der Waals surface area contributed by atoms with E-state index in [4.69, 9.17) is 0 Å². The molecule has 0 N–H and O–H groups in total. The molecular weight excluding hydrogens is 541 g/mol. The summed E-state index contributed by atoms with van der Waals surface area (Å²) in [4.78, 5) is 2.41. The number of fused-ring (bicyclic) bond motifs is 8. The lowest BCUT2D eigenvalue weighted by atomic mass is 10.0. The molecule has 0 unspecified atom stereocenters. The number of hydrogen-bond acceptors (Lipinski definition) is 2. The van der Waals surface area contributed by atoms with Crippen molar-refractivity contribution in [1.29, 1.82) is 0 Å². The Morgan fingerprint density at radius 3 is 2.05 bits per heavy atom. The molecular formula is C40H26N2S. The van der Waals surface area contributed by atoms with Gasteiger partial charge in [-0.1, -0.05) is 97.1 Å². The molecule has 9 aromatic rings. The Labute approximate surface area is 253 Å². The van der Waals surface area contributed by atoms with Crippen LogP contribution in [0.15, 0.2) is 158 Å². The van der Waals surface area contributed by atoms with Gasteiger partial charge in [0.15, 0.2) is 0 Å². The van der Waals surface area contributed by atoms with Crippen molar-refractivity contribution >= 4 is 81.1 Å². The largest absolute Gasteiger partial charge is 0.308 e. The number of anilines is 3. The standard InChI is InChI=1S/C40H26N2S/c1-3-12-28(13-4-1)41(30-23-24-31-27(26-30)22-25-38-39(31)34-17-8-10-21-37(34)43-38)36-20-11-18-33-32-16-7-9-19-35(32)42(40(33)36)29-14-5-2-6-15-29/h1-26H. The number of aromatic nitrogens is 1. The highest BCUT2D eigenvalue weighted by Gasteiger charge is 2.21. The molecule has 0 aliphatic rings. The van der Waals surface area contributed by atoms with E-state index < -0.39 is 0 Å². The zero-order chi connectivity index (χ0) is 28.3. The van der Waals surface area contributed by atoms with Gasteiger partial charge in [0.25, 0.3) is 0 Å². The van der Waals surface area contributed by atoms with Crippen molar-refractivity contribution in [3.05, 3.63) is 158 Å². The van der Waals surface area contributed by atoms with Crippen LogP contribution in [0.1, 0.15) is 0 Å². The number of para-hydroxylation sites is 4. The molecule has 0 amide bonds. The second-order valence-electron chi connectivity index (χ2n) is 11.0. The number of thiophene rings is 1. The van der Waals surface area contributed by atoms with Gasteiger partial charge in [-0.3, -0.25) is 0 Å². The summed E-state index contributed by atoms with van der Waals surface area (Å²) in [6, 6.07) is 57.1. The molecule has 7 aromatic carbocycles. The summed E-state index contributed by atoms with van der Waals surface area (Å²) < 4.78 is 5.08. The molecule has 9 rings (SSSR count). The van der Waals surface area contributed by atoms with Gasteiger partial charge in [0, 0.05) is 48.0 Å². The first-order chi connectivity index (χ1) is 21.3. The van der Waals surface area contributed by atoms with Crippen LogP contribution in [-0.2, 0) is 0 Å². The molecule has 0 aliphatic heterocycles. The molecule has 0 spiro atoms. The molecule has 0 aliphatic carbocycles. The van der Waals surface area contributed by atoms with Crippen molar-refractivity contribution in [3.8, 4) is 5.69 Å². The maximum atomic E-state index is 2.41. The molecule has 43 heavy (non-hydrogen) atoms. The number of nitrogens with zero attached hydrogens (tertiary/aromatic N) is 2. The predicted octanol–water partition coefficient (Wildman–Crippen LogP) is 11.8. The first kappa shape index (κ1) is 24.2. The van der Waals surface area contributed by atoms with Gasteiger partial charge >= 0.3 is 0 Å². The molecule has 2 aromatic heterocycles. The van der Waals surface area contributed by atoms with Crippen molar-refractivity contribution in [2.24, 2.45) is 0 Å². The van der Waals surface area contributed by atoms with E-state index >= 15 is 0 Å². The quantitative estimate of drug-likeness (QED) is 0.206. The summed E-state index contributed by atoms with van der Waals surface area (Å²) in [5.74, 6) is 0. The SMILES string of the molecule is c1ccc(N(c2ccc3c(ccc4sc5ccccc5c43)c2)c2cccc3c4ccccc4n(-c4ccccc4)c23)cc1. The summed E-state index contributed by atoms with van der Waals surface area (Å²) >= 11 is 1.87. The number of hydrogen-bond donors (Lipinski definition) is 0. The van der Waals surface area contributed by atoms with E-state index in [1.54, 1.807) is 0 Å². The monoisotopic (exact) mass is 566 g/mol. The zero-order valence-corrected chi connectivity index (χ0v) is 24.1. The highest BCUT2D eigenvalue weighted by atomic mass is 32.1. The van der Waals surface area contributed by atoms with Crippen LogP contribution in [0.5, 0.6) is 0 Å². The van der Waals surface area contributed by atoms with Gasteiger partial charge in [-0.25, -0.2) is 0 Å². The normalized spacial score (nSPS) is 11.7. The minimum Gasteiger partial charge on any atom is -0.308 e. The van der Waals surface area contributed by atoms with Crippen LogP contribution >= 0.6 is 11.3 Å².